The third kappa shape index (κ3) is 6.05. The molecule has 8 aromatic rings. The minimum atomic E-state index is -1.99. The van der Waals surface area contributed by atoms with Crippen molar-refractivity contribution in [2.24, 2.45) is 0 Å². The van der Waals surface area contributed by atoms with Gasteiger partial charge < -0.3 is 4.90 Å². The standard InChI is InChI=1S/C60H56BNSSi/c1-38(2)43-35-45(39(3)4)59(46(36-43)40(5)6)61-51-23-13-16-26-55(51)63-56-37-42(31-34-52(56)61)41-29-32-44(33-30-41)62-53-24-14-9-19-47(53)60(48-20-10-15-25-54(48)62)49-21-11-17-27-57(49)64(7,8)58-28-18-12-22-50(58)60/h9-40H,1-8H3. The molecule has 1 spiro atoms. The number of anilines is 3. The van der Waals surface area contributed by atoms with Gasteiger partial charge in [0.15, 0.2) is 0 Å². The molecule has 0 fully saturated rings. The molecule has 0 saturated heterocycles. The largest absolute Gasteiger partial charge is 0.310 e. The van der Waals surface area contributed by atoms with Gasteiger partial charge in [-0.15, -0.1) is 0 Å². The fraction of sp³-hybridized carbons (Fsp3) is 0.200. The van der Waals surface area contributed by atoms with Gasteiger partial charge in [0.2, 0.25) is 6.71 Å². The summed E-state index contributed by atoms with van der Waals surface area (Å²) in [6.45, 7) is 19.4. The highest BCUT2D eigenvalue weighted by molar-refractivity contribution is 8.00. The second kappa shape index (κ2) is 15.4. The molecular formula is C60H56BNSSi. The third-order valence-corrected chi connectivity index (χ3v) is 19.5. The molecule has 0 N–H and O–H groups in total. The van der Waals surface area contributed by atoms with E-state index in [-0.39, 0.29) is 6.71 Å². The van der Waals surface area contributed by atoms with Crippen molar-refractivity contribution in [2.75, 3.05) is 4.90 Å². The summed E-state index contributed by atoms with van der Waals surface area (Å²) in [6, 6.07) is 67.9. The van der Waals surface area contributed by atoms with Crippen LogP contribution in [0, 0.1) is 0 Å². The Balaban J connectivity index is 1.03. The average Bonchev–Trinajstić information content (AvgIpc) is 3.31. The Hall–Kier alpha value is -5.81. The summed E-state index contributed by atoms with van der Waals surface area (Å²) in [5, 5.41) is 3.05. The highest BCUT2D eigenvalue weighted by Gasteiger charge is 2.53. The fourth-order valence-electron chi connectivity index (χ4n) is 11.7. The van der Waals surface area contributed by atoms with E-state index in [2.05, 4.69) is 235 Å². The van der Waals surface area contributed by atoms with Gasteiger partial charge in [-0.3, -0.25) is 0 Å². The summed E-state index contributed by atoms with van der Waals surface area (Å²) in [7, 11) is -1.99. The lowest BCUT2D eigenvalue weighted by Gasteiger charge is -2.52. The molecule has 8 aromatic carbocycles. The van der Waals surface area contributed by atoms with Gasteiger partial charge in [-0.25, -0.2) is 0 Å². The van der Waals surface area contributed by atoms with Gasteiger partial charge in [0.1, 0.15) is 8.07 Å². The number of rotatable bonds is 6. The molecule has 314 valence electrons. The first-order valence-corrected chi connectivity index (χ1v) is 27.2. The van der Waals surface area contributed by atoms with Crippen LogP contribution in [-0.4, -0.2) is 14.8 Å². The number of benzene rings is 8. The van der Waals surface area contributed by atoms with Crippen molar-refractivity contribution >= 4 is 70.4 Å². The predicted octanol–water partition coefficient (Wildman–Crippen LogP) is 13.0. The highest BCUT2D eigenvalue weighted by Crippen LogP contribution is 2.58. The van der Waals surface area contributed by atoms with Gasteiger partial charge in [-0.1, -0.05) is 222 Å². The van der Waals surface area contributed by atoms with Gasteiger partial charge in [-0.05, 0) is 115 Å². The minimum absolute atomic E-state index is 0.180. The van der Waals surface area contributed by atoms with E-state index in [1.54, 1.807) is 0 Å². The van der Waals surface area contributed by atoms with E-state index in [9.17, 15) is 0 Å². The van der Waals surface area contributed by atoms with Crippen molar-refractivity contribution < 1.29 is 0 Å². The lowest BCUT2D eigenvalue weighted by Crippen LogP contribution is -2.63. The maximum atomic E-state index is 2.53. The molecule has 0 saturated carbocycles. The molecule has 3 heterocycles. The smallest absolute Gasteiger partial charge is 0.244 e. The van der Waals surface area contributed by atoms with E-state index >= 15 is 0 Å². The maximum Gasteiger partial charge on any atom is 0.244 e. The molecule has 3 aliphatic rings. The molecule has 3 aliphatic heterocycles. The highest BCUT2D eigenvalue weighted by atomic mass is 32.2. The lowest BCUT2D eigenvalue weighted by atomic mass is 9.34. The van der Waals surface area contributed by atoms with Crippen molar-refractivity contribution in [1.82, 2.24) is 0 Å². The molecule has 0 bridgehead atoms. The molecule has 11 rings (SSSR count). The van der Waals surface area contributed by atoms with Crippen LogP contribution in [0.25, 0.3) is 11.1 Å². The molecule has 0 unspecified atom stereocenters. The molecule has 0 aromatic heterocycles. The van der Waals surface area contributed by atoms with E-state index in [0.717, 1.165) is 0 Å². The van der Waals surface area contributed by atoms with E-state index in [1.807, 2.05) is 11.8 Å². The van der Waals surface area contributed by atoms with Crippen LogP contribution in [0.4, 0.5) is 17.1 Å². The number of fused-ring (bicyclic) bond motifs is 10. The second-order valence-electron chi connectivity index (χ2n) is 19.8. The Bertz CT molecular complexity index is 3000. The monoisotopic (exact) mass is 861 g/mol. The van der Waals surface area contributed by atoms with E-state index < -0.39 is 13.5 Å². The van der Waals surface area contributed by atoms with Crippen molar-refractivity contribution in [3.05, 3.63) is 215 Å². The molecular weight excluding hydrogens is 806 g/mol. The topological polar surface area (TPSA) is 3.24 Å². The minimum Gasteiger partial charge on any atom is -0.310 e. The Morgan fingerprint density at radius 3 is 1.52 bits per heavy atom. The summed E-state index contributed by atoms with van der Waals surface area (Å²) in [6.07, 6.45) is 0. The first-order valence-electron chi connectivity index (χ1n) is 23.4. The van der Waals surface area contributed by atoms with Crippen LogP contribution in [0.5, 0.6) is 0 Å². The van der Waals surface area contributed by atoms with Gasteiger partial charge in [-0.2, -0.15) is 0 Å². The fourth-order valence-corrected chi connectivity index (χ4v) is 16.1. The molecule has 0 aliphatic carbocycles. The molecule has 1 nitrogen and oxygen atoms in total. The van der Waals surface area contributed by atoms with E-state index in [4.69, 9.17) is 0 Å². The quantitative estimate of drug-likeness (QED) is 0.153. The van der Waals surface area contributed by atoms with E-state index in [1.165, 1.54) is 104 Å². The maximum absolute atomic E-state index is 2.53. The molecule has 0 atom stereocenters. The average molecular weight is 862 g/mol. The van der Waals surface area contributed by atoms with Crippen LogP contribution in [0.1, 0.15) is 98.2 Å². The molecule has 64 heavy (non-hydrogen) atoms. The van der Waals surface area contributed by atoms with Crippen LogP contribution in [0.15, 0.2) is 186 Å². The first kappa shape index (κ1) is 40.9. The van der Waals surface area contributed by atoms with Gasteiger partial charge in [0.25, 0.3) is 0 Å². The number of hydrogen-bond donors (Lipinski definition) is 0. The van der Waals surface area contributed by atoms with Crippen LogP contribution in [0.3, 0.4) is 0 Å². The second-order valence-corrected chi connectivity index (χ2v) is 25.2. The van der Waals surface area contributed by atoms with Crippen LogP contribution in [0.2, 0.25) is 13.1 Å². The lowest BCUT2D eigenvalue weighted by molar-refractivity contribution is 0.735. The van der Waals surface area contributed by atoms with Gasteiger partial charge >= 0.3 is 0 Å². The summed E-state index contributed by atoms with van der Waals surface area (Å²) < 4.78 is 0. The Labute approximate surface area is 386 Å². The normalized spacial score (nSPS) is 15.1. The first-order chi connectivity index (χ1) is 31.0. The zero-order chi connectivity index (χ0) is 44.1. The number of hydrogen-bond acceptors (Lipinski definition) is 2. The van der Waals surface area contributed by atoms with Crippen molar-refractivity contribution in [3.63, 3.8) is 0 Å². The Morgan fingerprint density at radius 1 is 0.469 bits per heavy atom. The number of nitrogens with zero attached hydrogens (tertiary/aromatic N) is 1. The zero-order valence-corrected chi connectivity index (χ0v) is 40.2. The Morgan fingerprint density at radius 2 is 0.953 bits per heavy atom. The van der Waals surface area contributed by atoms with Crippen molar-refractivity contribution in [3.8, 4) is 11.1 Å². The van der Waals surface area contributed by atoms with Crippen molar-refractivity contribution in [1.29, 1.82) is 0 Å². The summed E-state index contributed by atoms with van der Waals surface area (Å²) in [5.41, 5.74) is 20.0. The van der Waals surface area contributed by atoms with Crippen molar-refractivity contribution in [2.45, 2.75) is 87.6 Å². The van der Waals surface area contributed by atoms with Crippen LogP contribution < -0.4 is 31.7 Å². The van der Waals surface area contributed by atoms with E-state index in [0.29, 0.717) is 17.8 Å². The zero-order valence-electron chi connectivity index (χ0n) is 38.4. The van der Waals surface area contributed by atoms with Gasteiger partial charge in [0, 0.05) is 15.5 Å². The summed E-state index contributed by atoms with van der Waals surface area (Å²) in [4.78, 5) is 5.22. The summed E-state index contributed by atoms with van der Waals surface area (Å²) >= 11 is 1.93. The molecule has 4 heteroatoms. The Kier molecular flexibility index (Phi) is 9.87. The van der Waals surface area contributed by atoms with Crippen LogP contribution >= 0.6 is 11.8 Å². The van der Waals surface area contributed by atoms with Gasteiger partial charge in [0.05, 0.1) is 16.8 Å². The molecule has 0 amide bonds. The number of para-hydroxylation sites is 2. The third-order valence-electron chi connectivity index (χ3n) is 14.8. The van der Waals surface area contributed by atoms with Crippen LogP contribution in [-0.2, 0) is 5.41 Å². The summed E-state index contributed by atoms with van der Waals surface area (Å²) in [5.74, 6) is 1.32. The predicted molar refractivity (Wildman–Crippen MR) is 279 cm³/mol. The SMILES string of the molecule is CC(C)c1cc(C(C)C)c(B2c3ccccc3Sc3cc(-c4ccc(N5c6ccccc6C6(c7ccccc75)c5ccccc5[Si](C)(C)c5ccccc56)cc4)ccc32)c(C(C)C)c1. The molecule has 0 radical (unpaired) electrons.